The predicted octanol–water partition coefficient (Wildman–Crippen LogP) is 4.87. The average Bonchev–Trinajstić information content (AvgIpc) is 2.89. The smallest absolute Gasteiger partial charge is 0.155 e. The molecule has 130 valence electrons. The fourth-order valence-electron chi connectivity index (χ4n) is 8.09. The molecule has 0 N–H and O–H groups in total. The first-order chi connectivity index (χ1) is 11.4. The van der Waals surface area contributed by atoms with E-state index in [2.05, 4.69) is 13.8 Å². The molecule has 0 bridgehead atoms. The molecule has 2 heteroatoms. The van der Waals surface area contributed by atoms with Crippen molar-refractivity contribution in [2.45, 2.75) is 78.1 Å². The van der Waals surface area contributed by atoms with Gasteiger partial charge in [0.2, 0.25) is 0 Å². The van der Waals surface area contributed by atoms with Crippen LogP contribution in [0.15, 0.2) is 11.6 Å². The van der Waals surface area contributed by atoms with Crippen molar-refractivity contribution in [1.82, 2.24) is 0 Å². The van der Waals surface area contributed by atoms with Gasteiger partial charge in [0.25, 0.3) is 0 Å². The molecule has 1 spiro atoms. The topological polar surface area (TPSA) is 34.1 Å². The molecule has 0 aromatic rings. The third kappa shape index (κ3) is 1.59. The summed E-state index contributed by atoms with van der Waals surface area (Å²) >= 11 is 0. The second kappa shape index (κ2) is 4.62. The van der Waals surface area contributed by atoms with Crippen LogP contribution in [0.1, 0.15) is 78.1 Å². The molecule has 6 atom stereocenters. The molecule has 5 rings (SSSR count). The summed E-state index contributed by atoms with van der Waals surface area (Å²) in [6.07, 6.45) is 13.1. The minimum Gasteiger partial charge on any atom is -0.299 e. The number of hydrogen-bond donors (Lipinski definition) is 0. The van der Waals surface area contributed by atoms with Gasteiger partial charge in [0, 0.05) is 18.3 Å². The normalized spacial score (nSPS) is 53.1. The van der Waals surface area contributed by atoms with Crippen LogP contribution in [0, 0.1) is 34.0 Å². The number of carbonyl (C=O) groups excluding carboxylic acids is 2. The number of allylic oxidation sites excluding steroid dienone is 1. The second-order valence-corrected chi connectivity index (χ2v) is 9.97. The van der Waals surface area contributed by atoms with Crippen LogP contribution in [0.25, 0.3) is 0 Å². The molecule has 0 amide bonds. The summed E-state index contributed by atoms with van der Waals surface area (Å²) in [5.41, 5.74) is 2.04. The van der Waals surface area contributed by atoms with E-state index in [1.165, 1.54) is 31.3 Å². The molecular weight excluding hydrogens is 296 g/mol. The van der Waals surface area contributed by atoms with E-state index >= 15 is 0 Å². The third-order valence-corrected chi connectivity index (χ3v) is 9.64. The zero-order valence-corrected chi connectivity index (χ0v) is 15.2. The Labute approximate surface area is 145 Å². The molecular formula is C22H30O2. The largest absolute Gasteiger partial charge is 0.299 e. The van der Waals surface area contributed by atoms with E-state index < -0.39 is 0 Å². The number of rotatable bonds is 0. The quantitative estimate of drug-likeness (QED) is 0.636. The summed E-state index contributed by atoms with van der Waals surface area (Å²) in [5.74, 6) is 3.20. The number of Topliss-reactive ketones (excluding diaryl/α,β-unsaturated/α-hetero) is 1. The zero-order chi connectivity index (χ0) is 16.7. The predicted molar refractivity (Wildman–Crippen MR) is 93.4 cm³/mol. The first-order valence-corrected chi connectivity index (χ1v) is 10.2. The lowest BCUT2D eigenvalue weighted by Crippen LogP contribution is -2.57. The van der Waals surface area contributed by atoms with E-state index in [1.54, 1.807) is 0 Å². The molecule has 24 heavy (non-hydrogen) atoms. The lowest BCUT2D eigenvalue weighted by Gasteiger charge is -2.61. The molecule has 1 unspecified atom stereocenters. The highest BCUT2D eigenvalue weighted by atomic mass is 16.1. The van der Waals surface area contributed by atoms with E-state index in [-0.39, 0.29) is 16.2 Å². The van der Waals surface area contributed by atoms with Crippen molar-refractivity contribution in [2.75, 3.05) is 0 Å². The van der Waals surface area contributed by atoms with Crippen molar-refractivity contribution >= 4 is 11.6 Å². The average molecular weight is 326 g/mol. The van der Waals surface area contributed by atoms with Gasteiger partial charge in [0.15, 0.2) is 5.78 Å². The standard InChI is InChI=1S/C22H30O2/c1-20-9-5-15(23)13-14(20)3-4-16-17(20)6-10-21(2)18(16)7-11-22(21)12-8-19(22)24/h13,16-18H,3-12H2,1-2H3/t16-,17+,18+,20+,21+,22?/m1/s1. The molecule has 2 nitrogen and oxygen atoms in total. The SMILES string of the molecule is C[C@]12CCC(=O)C=C1CC[C@@H]1[C@@H]2CC[C@@]2(C)[C@H]1CCC21CCC1=O. The van der Waals surface area contributed by atoms with Gasteiger partial charge in [-0.1, -0.05) is 19.4 Å². The minimum atomic E-state index is 0.0577. The summed E-state index contributed by atoms with van der Waals surface area (Å²) < 4.78 is 0. The van der Waals surface area contributed by atoms with Crippen LogP contribution in [0.4, 0.5) is 0 Å². The number of carbonyl (C=O) groups is 2. The Morgan fingerprint density at radius 3 is 2.38 bits per heavy atom. The van der Waals surface area contributed by atoms with Gasteiger partial charge in [-0.2, -0.15) is 0 Å². The molecule has 4 fully saturated rings. The van der Waals surface area contributed by atoms with Crippen molar-refractivity contribution in [3.8, 4) is 0 Å². The van der Waals surface area contributed by atoms with Crippen LogP contribution in [-0.4, -0.2) is 11.6 Å². The Morgan fingerprint density at radius 1 is 0.875 bits per heavy atom. The van der Waals surface area contributed by atoms with E-state index in [9.17, 15) is 9.59 Å². The van der Waals surface area contributed by atoms with Crippen LogP contribution in [-0.2, 0) is 9.59 Å². The Bertz CT molecular complexity index is 661. The van der Waals surface area contributed by atoms with Gasteiger partial charge in [-0.15, -0.1) is 0 Å². The minimum absolute atomic E-state index is 0.0577. The van der Waals surface area contributed by atoms with Gasteiger partial charge in [0.1, 0.15) is 5.78 Å². The van der Waals surface area contributed by atoms with Gasteiger partial charge in [0.05, 0.1) is 0 Å². The van der Waals surface area contributed by atoms with E-state index in [4.69, 9.17) is 0 Å². The Morgan fingerprint density at radius 2 is 1.67 bits per heavy atom. The van der Waals surface area contributed by atoms with Crippen LogP contribution >= 0.6 is 0 Å². The molecule has 0 aliphatic heterocycles. The first kappa shape index (κ1) is 15.3. The number of fused-ring (bicyclic) bond motifs is 6. The van der Waals surface area contributed by atoms with Crippen molar-refractivity contribution in [1.29, 1.82) is 0 Å². The summed E-state index contributed by atoms with van der Waals surface area (Å²) in [7, 11) is 0. The molecule has 0 saturated heterocycles. The van der Waals surface area contributed by atoms with Gasteiger partial charge in [-0.25, -0.2) is 0 Å². The highest BCUT2D eigenvalue weighted by Gasteiger charge is 2.68. The Hall–Kier alpha value is -0.920. The molecule has 0 heterocycles. The van der Waals surface area contributed by atoms with Crippen molar-refractivity contribution in [2.24, 2.45) is 34.0 Å². The van der Waals surface area contributed by atoms with Crippen molar-refractivity contribution in [3.05, 3.63) is 11.6 Å². The molecule has 5 aliphatic rings. The third-order valence-electron chi connectivity index (χ3n) is 9.64. The lowest BCUT2D eigenvalue weighted by molar-refractivity contribution is -0.157. The van der Waals surface area contributed by atoms with E-state index in [0.29, 0.717) is 11.6 Å². The highest BCUT2D eigenvalue weighted by Crippen LogP contribution is 2.73. The van der Waals surface area contributed by atoms with Gasteiger partial charge in [-0.3, -0.25) is 9.59 Å². The number of ketones is 2. The molecule has 0 aromatic carbocycles. The van der Waals surface area contributed by atoms with E-state index in [0.717, 1.165) is 56.3 Å². The highest BCUT2D eigenvalue weighted by molar-refractivity contribution is 5.92. The van der Waals surface area contributed by atoms with Gasteiger partial charge in [-0.05, 0) is 86.0 Å². The monoisotopic (exact) mass is 326 g/mol. The van der Waals surface area contributed by atoms with Crippen molar-refractivity contribution < 1.29 is 9.59 Å². The first-order valence-electron chi connectivity index (χ1n) is 10.2. The summed E-state index contributed by atoms with van der Waals surface area (Å²) in [6, 6.07) is 0. The Kier molecular flexibility index (Phi) is 2.95. The maximum absolute atomic E-state index is 12.6. The van der Waals surface area contributed by atoms with Gasteiger partial charge >= 0.3 is 0 Å². The maximum atomic E-state index is 12.6. The number of hydrogen-bond acceptors (Lipinski definition) is 2. The van der Waals surface area contributed by atoms with Crippen LogP contribution in [0.3, 0.4) is 0 Å². The molecule has 5 aliphatic carbocycles. The van der Waals surface area contributed by atoms with E-state index in [1.807, 2.05) is 6.08 Å². The van der Waals surface area contributed by atoms with Crippen molar-refractivity contribution in [3.63, 3.8) is 0 Å². The van der Waals surface area contributed by atoms with Crippen LogP contribution < -0.4 is 0 Å². The van der Waals surface area contributed by atoms with Crippen LogP contribution in [0.5, 0.6) is 0 Å². The lowest BCUT2D eigenvalue weighted by atomic mass is 9.42. The molecule has 0 radical (unpaired) electrons. The fraction of sp³-hybridized carbons (Fsp3) is 0.818. The fourth-order valence-corrected chi connectivity index (χ4v) is 8.09. The van der Waals surface area contributed by atoms with Gasteiger partial charge < -0.3 is 0 Å². The molecule has 4 saturated carbocycles. The summed E-state index contributed by atoms with van der Waals surface area (Å²) in [4.78, 5) is 24.5. The molecule has 0 aromatic heterocycles. The van der Waals surface area contributed by atoms with Crippen LogP contribution in [0.2, 0.25) is 0 Å². The summed E-state index contributed by atoms with van der Waals surface area (Å²) in [5, 5.41) is 0. The summed E-state index contributed by atoms with van der Waals surface area (Å²) in [6.45, 7) is 4.92. The Balaban J connectivity index is 1.51. The zero-order valence-electron chi connectivity index (χ0n) is 15.2. The maximum Gasteiger partial charge on any atom is 0.155 e. The second-order valence-electron chi connectivity index (χ2n) is 9.97.